The summed E-state index contributed by atoms with van der Waals surface area (Å²) in [7, 11) is 0. The number of benzene rings is 1. The van der Waals surface area contributed by atoms with E-state index in [1.165, 1.54) is 11.1 Å². The molecule has 0 fully saturated rings. The lowest BCUT2D eigenvalue weighted by molar-refractivity contribution is 0.441. The minimum Gasteiger partial charge on any atom is -0.469 e. The molecule has 0 saturated heterocycles. The van der Waals surface area contributed by atoms with E-state index in [2.05, 4.69) is 31.3 Å². The highest BCUT2D eigenvalue weighted by atomic mass is 35.5. The quantitative estimate of drug-likeness (QED) is 0.759. The van der Waals surface area contributed by atoms with Gasteiger partial charge in [0.05, 0.1) is 6.26 Å². The maximum absolute atomic E-state index is 6.36. The van der Waals surface area contributed by atoms with Crippen LogP contribution in [0.3, 0.4) is 0 Å². The van der Waals surface area contributed by atoms with E-state index < -0.39 is 0 Å². The van der Waals surface area contributed by atoms with E-state index >= 15 is 0 Å². The Kier molecular flexibility index (Phi) is 6.34. The number of rotatable bonds is 8. The Morgan fingerprint density at radius 1 is 1.29 bits per heavy atom. The number of aryl methyl sites for hydroxylation is 2. The lowest BCUT2D eigenvalue weighted by atomic mass is 10.00. The van der Waals surface area contributed by atoms with Crippen LogP contribution in [-0.2, 0) is 12.8 Å². The molecule has 1 heterocycles. The molecule has 0 radical (unpaired) electrons. The van der Waals surface area contributed by atoms with Gasteiger partial charge in [-0.2, -0.15) is 0 Å². The molecule has 2 rings (SSSR count). The SMILES string of the molecule is CCCNC(CCc1ccco1)Cc1ccc(C)cc1Cl. The summed E-state index contributed by atoms with van der Waals surface area (Å²) >= 11 is 6.36. The minimum absolute atomic E-state index is 0.426. The van der Waals surface area contributed by atoms with Gasteiger partial charge in [-0.25, -0.2) is 0 Å². The summed E-state index contributed by atoms with van der Waals surface area (Å²) in [5.41, 5.74) is 2.42. The average molecular weight is 306 g/mol. The molecule has 21 heavy (non-hydrogen) atoms. The summed E-state index contributed by atoms with van der Waals surface area (Å²) in [6.45, 7) is 5.29. The van der Waals surface area contributed by atoms with E-state index in [-0.39, 0.29) is 0 Å². The molecule has 0 saturated carbocycles. The molecule has 1 unspecified atom stereocenters. The van der Waals surface area contributed by atoms with Crippen LogP contribution in [0.5, 0.6) is 0 Å². The van der Waals surface area contributed by atoms with E-state index in [1.54, 1.807) is 6.26 Å². The van der Waals surface area contributed by atoms with Crippen LogP contribution in [-0.4, -0.2) is 12.6 Å². The lowest BCUT2D eigenvalue weighted by Crippen LogP contribution is -2.32. The Balaban J connectivity index is 1.97. The summed E-state index contributed by atoms with van der Waals surface area (Å²) in [5.74, 6) is 1.05. The van der Waals surface area contributed by atoms with Crippen LogP contribution in [0.4, 0.5) is 0 Å². The van der Waals surface area contributed by atoms with E-state index in [0.717, 1.165) is 43.0 Å². The van der Waals surface area contributed by atoms with Gasteiger partial charge >= 0.3 is 0 Å². The van der Waals surface area contributed by atoms with Gasteiger partial charge in [0.1, 0.15) is 5.76 Å². The second kappa shape index (κ2) is 8.26. The third kappa shape index (κ3) is 5.22. The predicted octanol–water partition coefficient (Wildman–Crippen LogP) is 4.78. The van der Waals surface area contributed by atoms with E-state index in [0.29, 0.717) is 6.04 Å². The molecule has 2 nitrogen and oxygen atoms in total. The van der Waals surface area contributed by atoms with Crippen molar-refractivity contribution >= 4 is 11.6 Å². The van der Waals surface area contributed by atoms with Gasteiger partial charge in [0.25, 0.3) is 0 Å². The van der Waals surface area contributed by atoms with Crippen LogP contribution in [0.2, 0.25) is 5.02 Å². The normalized spacial score (nSPS) is 12.5. The summed E-state index contributed by atoms with van der Waals surface area (Å²) in [4.78, 5) is 0. The number of hydrogen-bond donors (Lipinski definition) is 1. The van der Waals surface area contributed by atoms with E-state index in [1.807, 2.05) is 18.2 Å². The largest absolute Gasteiger partial charge is 0.469 e. The molecule has 1 atom stereocenters. The van der Waals surface area contributed by atoms with Crippen molar-refractivity contribution in [3.8, 4) is 0 Å². The molecular formula is C18H24ClNO. The summed E-state index contributed by atoms with van der Waals surface area (Å²) < 4.78 is 5.42. The average Bonchev–Trinajstić information content (AvgIpc) is 2.97. The standard InChI is InChI=1S/C18H24ClNO/c1-3-10-20-16(8-9-17-5-4-11-21-17)13-15-7-6-14(2)12-18(15)19/h4-7,11-12,16,20H,3,8-10,13H2,1-2H3. The zero-order chi connectivity index (χ0) is 15.1. The maximum Gasteiger partial charge on any atom is 0.103 e. The van der Waals surface area contributed by atoms with Crippen LogP contribution < -0.4 is 5.32 Å². The van der Waals surface area contributed by atoms with Gasteiger partial charge in [0.15, 0.2) is 0 Å². The van der Waals surface area contributed by atoms with Crippen molar-refractivity contribution in [1.29, 1.82) is 0 Å². The van der Waals surface area contributed by atoms with Crippen LogP contribution in [0.1, 0.15) is 36.7 Å². The number of furan rings is 1. The van der Waals surface area contributed by atoms with Crippen molar-refractivity contribution in [2.75, 3.05) is 6.54 Å². The first kappa shape index (κ1) is 16.1. The Hall–Kier alpha value is -1.25. The minimum atomic E-state index is 0.426. The van der Waals surface area contributed by atoms with Crippen molar-refractivity contribution in [3.63, 3.8) is 0 Å². The van der Waals surface area contributed by atoms with Gasteiger partial charge in [-0.3, -0.25) is 0 Å². The number of hydrogen-bond acceptors (Lipinski definition) is 2. The molecule has 2 aromatic rings. The summed E-state index contributed by atoms with van der Waals surface area (Å²) in [6, 6.07) is 10.7. The molecule has 3 heteroatoms. The monoisotopic (exact) mass is 305 g/mol. The van der Waals surface area contributed by atoms with Gasteiger partial charge in [-0.05, 0) is 62.1 Å². The first-order valence-electron chi connectivity index (χ1n) is 7.70. The molecule has 1 N–H and O–H groups in total. The molecule has 0 aliphatic rings. The molecule has 0 aliphatic heterocycles. The van der Waals surface area contributed by atoms with Crippen molar-refractivity contribution < 1.29 is 4.42 Å². The number of halogens is 1. The first-order chi connectivity index (χ1) is 10.2. The lowest BCUT2D eigenvalue weighted by Gasteiger charge is -2.19. The van der Waals surface area contributed by atoms with Crippen LogP contribution in [0.15, 0.2) is 41.0 Å². The zero-order valence-corrected chi connectivity index (χ0v) is 13.6. The molecule has 1 aromatic carbocycles. The van der Waals surface area contributed by atoms with Crippen molar-refractivity contribution in [1.82, 2.24) is 5.32 Å². The van der Waals surface area contributed by atoms with E-state index in [9.17, 15) is 0 Å². The molecule has 0 spiro atoms. The van der Waals surface area contributed by atoms with Gasteiger partial charge in [-0.1, -0.05) is 30.7 Å². The van der Waals surface area contributed by atoms with Crippen LogP contribution >= 0.6 is 11.6 Å². The molecule has 0 bridgehead atoms. The maximum atomic E-state index is 6.36. The third-order valence-corrected chi connectivity index (χ3v) is 4.03. The Labute approximate surface area is 132 Å². The van der Waals surface area contributed by atoms with Crippen LogP contribution in [0.25, 0.3) is 0 Å². The smallest absolute Gasteiger partial charge is 0.103 e. The second-order valence-electron chi connectivity index (χ2n) is 5.57. The second-order valence-corrected chi connectivity index (χ2v) is 5.98. The highest BCUT2D eigenvalue weighted by Gasteiger charge is 2.12. The molecule has 0 aliphatic carbocycles. The van der Waals surface area contributed by atoms with Gasteiger partial charge in [-0.15, -0.1) is 0 Å². The van der Waals surface area contributed by atoms with Gasteiger partial charge in [0.2, 0.25) is 0 Å². The fourth-order valence-corrected chi connectivity index (χ4v) is 2.79. The molecule has 114 valence electrons. The van der Waals surface area contributed by atoms with Gasteiger partial charge < -0.3 is 9.73 Å². The highest BCUT2D eigenvalue weighted by molar-refractivity contribution is 6.31. The van der Waals surface area contributed by atoms with Crippen LogP contribution in [0, 0.1) is 6.92 Å². The third-order valence-electron chi connectivity index (χ3n) is 3.68. The Bertz CT molecular complexity index is 536. The Morgan fingerprint density at radius 3 is 2.81 bits per heavy atom. The fourth-order valence-electron chi connectivity index (χ4n) is 2.48. The van der Waals surface area contributed by atoms with Crippen molar-refractivity contribution in [2.45, 2.75) is 45.6 Å². The molecule has 0 amide bonds. The van der Waals surface area contributed by atoms with Gasteiger partial charge in [0, 0.05) is 17.5 Å². The molecular weight excluding hydrogens is 282 g/mol. The molecule has 1 aromatic heterocycles. The summed E-state index contributed by atoms with van der Waals surface area (Å²) in [5, 5.41) is 4.49. The number of nitrogens with one attached hydrogen (secondary N) is 1. The first-order valence-corrected chi connectivity index (χ1v) is 8.07. The predicted molar refractivity (Wildman–Crippen MR) is 89.0 cm³/mol. The van der Waals surface area contributed by atoms with E-state index in [4.69, 9.17) is 16.0 Å². The fraction of sp³-hybridized carbons (Fsp3) is 0.444. The zero-order valence-electron chi connectivity index (χ0n) is 12.9. The van der Waals surface area contributed by atoms with Crippen molar-refractivity contribution in [3.05, 3.63) is 58.5 Å². The van der Waals surface area contributed by atoms with Crippen molar-refractivity contribution in [2.24, 2.45) is 0 Å². The highest BCUT2D eigenvalue weighted by Crippen LogP contribution is 2.20. The summed E-state index contributed by atoms with van der Waals surface area (Å²) in [6.07, 6.45) is 5.84. The topological polar surface area (TPSA) is 25.2 Å². The Morgan fingerprint density at radius 2 is 2.14 bits per heavy atom.